The van der Waals surface area contributed by atoms with Crippen LogP contribution in [0.25, 0.3) is 43.5 Å². The molecule has 0 bridgehead atoms. The minimum atomic E-state index is 0.401. The fraction of sp³-hybridized carbons (Fsp3) is 0. The van der Waals surface area contributed by atoms with Gasteiger partial charge in [-0.25, -0.2) is 0 Å². The molecular weight excluding hydrogens is 355 g/mol. The van der Waals surface area contributed by atoms with Crippen molar-refractivity contribution in [2.75, 3.05) is 0 Å². The van der Waals surface area contributed by atoms with Crippen LogP contribution in [0.4, 0.5) is 0 Å². The molecule has 4 aromatic carbocycles. The summed E-state index contributed by atoms with van der Waals surface area (Å²) in [4.78, 5) is 0. The van der Waals surface area contributed by atoms with Crippen LogP contribution < -0.4 is 15.7 Å². The van der Waals surface area contributed by atoms with E-state index in [4.69, 9.17) is 0 Å². The molecule has 0 amide bonds. The number of rotatable bonds is 1. The smallest absolute Gasteiger partial charge is 0.149 e. The largest absolute Gasteiger partial charge is 0.256 e. The van der Waals surface area contributed by atoms with Crippen molar-refractivity contribution >= 4 is 43.8 Å². The van der Waals surface area contributed by atoms with Gasteiger partial charge in [0.05, 0.1) is 0 Å². The van der Waals surface area contributed by atoms with E-state index in [1.165, 1.54) is 59.2 Å². The van der Waals surface area contributed by atoms with Crippen LogP contribution in [0.5, 0.6) is 0 Å². The highest BCUT2D eigenvalue weighted by atomic mass is 32.1. The molecule has 0 aliphatic carbocycles. The molecule has 1 aromatic heterocycles. The Bertz CT molecular complexity index is 1410. The molecule has 0 N–H and O–H groups in total. The lowest BCUT2D eigenvalue weighted by Gasteiger charge is -2.09. The molecule has 0 spiro atoms. The first kappa shape index (κ1) is 14.9. The van der Waals surface area contributed by atoms with Crippen LogP contribution in [0.3, 0.4) is 0 Å². The minimum Gasteiger partial charge on any atom is -0.149 e. The lowest BCUT2D eigenvalue weighted by molar-refractivity contribution is 1.63. The van der Waals surface area contributed by atoms with Gasteiger partial charge in [0.2, 0.25) is 0 Å². The average Bonchev–Trinajstić information content (AvgIpc) is 3.39. The first-order valence-corrected chi connectivity index (χ1v) is 10.6. The summed E-state index contributed by atoms with van der Waals surface area (Å²) in [6.45, 7) is 0.401. The summed E-state index contributed by atoms with van der Waals surface area (Å²) >= 11 is 1.97. The van der Waals surface area contributed by atoms with Gasteiger partial charge in [-0.2, -0.15) is 0 Å². The fourth-order valence-electron chi connectivity index (χ4n) is 5.15. The second-order valence-electron chi connectivity index (χ2n) is 7.71. The van der Waals surface area contributed by atoms with E-state index in [1.807, 2.05) is 11.3 Å². The summed E-state index contributed by atoms with van der Waals surface area (Å²) < 4.78 is 2.92. The normalized spacial score (nSPS) is 12.9. The molecule has 2 heteroatoms. The van der Waals surface area contributed by atoms with E-state index in [2.05, 4.69) is 91.0 Å². The van der Waals surface area contributed by atoms with Crippen LogP contribution in [0.15, 0.2) is 91.0 Å². The van der Waals surface area contributed by atoms with Crippen molar-refractivity contribution in [2.24, 2.45) is 0 Å². The highest BCUT2D eigenvalue weighted by Gasteiger charge is 2.43. The number of fused-ring (bicyclic) bond motifs is 8. The molecule has 28 heavy (non-hydrogen) atoms. The van der Waals surface area contributed by atoms with Gasteiger partial charge in [-0.15, -0.1) is 11.3 Å². The van der Waals surface area contributed by atoms with E-state index in [0.29, 0.717) is 6.71 Å². The number of benzene rings is 4. The van der Waals surface area contributed by atoms with E-state index in [-0.39, 0.29) is 0 Å². The second-order valence-corrected chi connectivity index (χ2v) is 8.79. The maximum atomic E-state index is 2.39. The van der Waals surface area contributed by atoms with Gasteiger partial charge >= 0.3 is 0 Å². The van der Waals surface area contributed by atoms with Crippen molar-refractivity contribution in [2.45, 2.75) is 0 Å². The quantitative estimate of drug-likeness (QED) is 0.355. The molecule has 0 atom stereocenters. The summed E-state index contributed by atoms with van der Waals surface area (Å²) in [7, 11) is 0. The van der Waals surface area contributed by atoms with Gasteiger partial charge in [-0.1, -0.05) is 89.8 Å². The molecule has 3 heterocycles. The van der Waals surface area contributed by atoms with Crippen molar-refractivity contribution in [1.29, 1.82) is 0 Å². The van der Waals surface area contributed by atoms with Gasteiger partial charge in [0, 0.05) is 4.70 Å². The van der Waals surface area contributed by atoms with Crippen LogP contribution in [0.2, 0.25) is 0 Å². The zero-order valence-electron chi connectivity index (χ0n) is 15.1. The zero-order chi connectivity index (χ0) is 18.2. The second kappa shape index (κ2) is 5.24. The molecule has 7 rings (SSSR count). The van der Waals surface area contributed by atoms with E-state index in [9.17, 15) is 0 Å². The van der Waals surface area contributed by atoms with E-state index in [1.54, 1.807) is 0 Å². The first-order valence-electron chi connectivity index (χ1n) is 9.74. The molecule has 0 saturated carbocycles. The third-order valence-electron chi connectivity index (χ3n) is 6.31. The van der Waals surface area contributed by atoms with Crippen LogP contribution in [-0.2, 0) is 0 Å². The van der Waals surface area contributed by atoms with Gasteiger partial charge in [-0.05, 0) is 55.7 Å². The Kier molecular flexibility index (Phi) is 2.79. The first-order chi connectivity index (χ1) is 13.9. The van der Waals surface area contributed by atoms with Crippen molar-refractivity contribution in [3.05, 3.63) is 91.0 Å². The SMILES string of the molecule is c1ccc(-c2ccc3c(c2)-c2cccc4c2B3c2sc3ccccc3c2-4)cc1. The van der Waals surface area contributed by atoms with Crippen molar-refractivity contribution in [3.63, 3.8) is 0 Å². The predicted molar refractivity (Wildman–Crippen MR) is 123 cm³/mol. The maximum absolute atomic E-state index is 2.39. The Morgan fingerprint density at radius 3 is 2.36 bits per heavy atom. The topological polar surface area (TPSA) is 0 Å². The standard InChI is InChI=1S/C26H15BS/c1-2-7-16(8-3-1)17-13-14-22-21(15-17)18-10-6-11-20-24-19-9-4-5-12-23(19)28-26(24)27(22)25(18)20/h1-15H. The summed E-state index contributed by atoms with van der Waals surface area (Å²) in [6.07, 6.45) is 0. The molecule has 0 radical (unpaired) electrons. The van der Waals surface area contributed by atoms with Crippen LogP contribution in [-0.4, -0.2) is 6.71 Å². The molecule has 0 unspecified atom stereocenters. The number of hydrogen-bond donors (Lipinski definition) is 0. The molecule has 0 fully saturated rings. The summed E-state index contributed by atoms with van der Waals surface area (Å²) in [5, 5.41) is 1.41. The highest BCUT2D eigenvalue weighted by Crippen LogP contribution is 2.41. The Morgan fingerprint density at radius 1 is 0.607 bits per heavy atom. The summed E-state index contributed by atoms with van der Waals surface area (Å²) in [6, 6.07) is 33.5. The molecule has 0 saturated heterocycles. The number of hydrogen-bond acceptors (Lipinski definition) is 1. The van der Waals surface area contributed by atoms with Gasteiger partial charge in [0.15, 0.2) is 0 Å². The molecule has 2 aliphatic rings. The summed E-state index contributed by atoms with van der Waals surface area (Å²) in [5.41, 5.74) is 11.3. The lowest BCUT2D eigenvalue weighted by atomic mass is 9.44. The van der Waals surface area contributed by atoms with Crippen molar-refractivity contribution < 1.29 is 0 Å². The lowest BCUT2D eigenvalue weighted by Crippen LogP contribution is -2.44. The zero-order valence-corrected chi connectivity index (χ0v) is 16.0. The number of thiophene rings is 1. The fourth-order valence-corrected chi connectivity index (χ4v) is 6.50. The van der Waals surface area contributed by atoms with E-state index < -0.39 is 0 Å². The molecule has 0 nitrogen and oxygen atoms in total. The Hall–Kier alpha value is -3.10. The Labute approximate surface area is 168 Å². The van der Waals surface area contributed by atoms with Crippen molar-refractivity contribution in [3.8, 4) is 33.4 Å². The van der Waals surface area contributed by atoms with Gasteiger partial charge in [0.25, 0.3) is 6.71 Å². The van der Waals surface area contributed by atoms with Crippen LogP contribution in [0.1, 0.15) is 0 Å². The molecule has 128 valence electrons. The van der Waals surface area contributed by atoms with Crippen molar-refractivity contribution in [1.82, 2.24) is 0 Å². The summed E-state index contributed by atoms with van der Waals surface area (Å²) in [5.74, 6) is 0. The highest BCUT2D eigenvalue weighted by molar-refractivity contribution is 7.34. The maximum Gasteiger partial charge on any atom is 0.256 e. The Morgan fingerprint density at radius 2 is 1.43 bits per heavy atom. The molecule has 5 aromatic rings. The predicted octanol–water partition coefficient (Wildman–Crippen LogP) is 5.05. The van der Waals surface area contributed by atoms with Crippen LogP contribution in [0, 0.1) is 0 Å². The average molecular weight is 370 g/mol. The molecular formula is C26H15BS. The minimum absolute atomic E-state index is 0.401. The molecule has 2 aliphatic heterocycles. The Balaban J connectivity index is 1.52. The van der Waals surface area contributed by atoms with Gasteiger partial charge in [-0.3, -0.25) is 0 Å². The monoisotopic (exact) mass is 370 g/mol. The third kappa shape index (κ3) is 1.77. The van der Waals surface area contributed by atoms with Crippen LogP contribution >= 0.6 is 11.3 Å². The van der Waals surface area contributed by atoms with Gasteiger partial charge < -0.3 is 0 Å². The third-order valence-corrected chi connectivity index (χ3v) is 7.55. The van der Waals surface area contributed by atoms with E-state index >= 15 is 0 Å². The van der Waals surface area contributed by atoms with Gasteiger partial charge in [0.1, 0.15) is 0 Å². The van der Waals surface area contributed by atoms with E-state index in [0.717, 1.165) is 0 Å².